The first-order valence-corrected chi connectivity index (χ1v) is 7.36. The van der Waals surface area contributed by atoms with E-state index in [1.54, 1.807) is 0 Å². The lowest BCUT2D eigenvalue weighted by Crippen LogP contribution is -2.25. The summed E-state index contributed by atoms with van der Waals surface area (Å²) in [5, 5.41) is 4.27. The van der Waals surface area contributed by atoms with Gasteiger partial charge >= 0.3 is 0 Å². The average Bonchev–Trinajstić information content (AvgIpc) is 2.67. The molecule has 1 saturated heterocycles. The second-order valence-electron chi connectivity index (χ2n) is 4.25. The Hall–Kier alpha value is -0.880. The molecule has 0 bridgehead atoms. The summed E-state index contributed by atoms with van der Waals surface area (Å²) in [5.41, 5.74) is 6.59. The quantitative estimate of drug-likeness (QED) is 0.818. The van der Waals surface area contributed by atoms with Gasteiger partial charge < -0.3 is 5.73 Å². The highest BCUT2D eigenvalue weighted by atomic mass is 32.2. The smallest absolute Gasteiger partial charge is 0.150 e. The van der Waals surface area contributed by atoms with Crippen molar-refractivity contribution in [2.75, 3.05) is 18.1 Å². The molecule has 16 heavy (non-hydrogen) atoms. The fraction of sp³-hybridized carbons (Fsp3) is 0.700. The van der Waals surface area contributed by atoms with E-state index in [0.29, 0.717) is 19.4 Å². The molecular weight excluding hydrogens is 226 g/mol. The Balaban J connectivity index is 2.02. The molecule has 0 spiro atoms. The van der Waals surface area contributed by atoms with Crippen LogP contribution in [0, 0.1) is 0 Å². The molecule has 1 aliphatic rings. The maximum Gasteiger partial charge on any atom is 0.150 e. The summed E-state index contributed by atoms with van der Waals surface area (Å²) < 4.78 is 24.5. The van der Waals surface area contributed by atoms with E-state index in [4.69, 9.17) is 5.73 Å². The molecule has 2 heterocycles. The molecule has 0 aliphatic carbocycles. The summed E-state index contributed by atoms with van der Waals surface area (Å²) in [4.78, 5) is 0. The second kappa shape index (κ2) is 4.55. The number of nitrogens with two attached hydrogens (primary N) is 1. The van der Waals surface area contributed by atoms with E-state index in [1.807, 2.05) is 17.1 Å². The predicted octanol–water partition coefficient (Wildman–Crippen LogP) is 0.134. The minimum atomic E-state index is -2.79. The number of rotatable bonds is 3. The first-order valence-electron chi connectivity index (χ1n) is 5.54. The Morgan fingerprint density at radius 3 is 2.75 bits per heavy atom. The van der Waals surface area contributed by atoms with Crippen molar-refractivity contribution in [1.29, 1.82) is 0 Å². The van der Waals surface area contributed by atoms with Gasteiger partial charge in [-0.25, -0.2) is 8.42 Å². The maximum absolute atomic E-state index is 11.3. The van der Waals surface area contributed by atoms with E-state index in [-0.39, 0.29) is 17.5 Å². The van der Waals surface area contributed by atoms with Crippen LogP contribution in [0.1, 0.15) is 24.4 Å². The molecular formula is C10H17N3O2S. The molecule has 0 radical (unpaired) electrons. The molecule has 2 rings (SSSR count). The van der Waals surface area contributed by atoms with Gasteiger partial charge in [0.2, 0.25) is 0 Å². The highest BCUT2D eigenvalue weighted by Crippen LogP contribution is 2.23. The summed E-state index contributed by atoms with van der Waals surface area (Å²) >= 11 is 0. The Bertz CT molecular complexity index is 438. The number of hydrogen-bond acceptors (Lipinski definition) is 4. The van der Waals surface area contributed by atoms with Gasteiger partial charge in [-0.2, -0.15) is 5.10 Å². The summed E-state index contributed by atoms with van der Waals surface area (Å²) in [6.45, 7) is 0.616. The molecule has 0 unspecified atom stereocenters. The molecule has 0 amide bonds. The zero-order valence-electron chi connectivity index (χ0n) is 9.17. The average molecular weight is 243 g/mol. The Kier molecular flexibility index (Phi) is 3.30. The standard InChI is InChI=1S/C10H17N3O2S/c11-4-1-9-7-12-13(8-9)10-2-5-16(14,15)6-3-10/h7-8,10H,1-6,11H2. The zero-order chi connectivity index (χ0) is 11.6. The number of nitrogens with zero attached hydrogens (tertiary/aromatic N) is 2. The highest BCUT2D eigenvalue weighted by Gasteiger charge is 2.24. The topological polar surface area (TPSA) is 78.0 Å². The largest absolute Gasteiger partial charge is 0.330 e. The molecule has 0 saturated carbocycles. The SMILES string of the molecule is NCCc1cnn(C2CCS(=O)(=O)CC2)c1. The van der Waals surface area contributed by atoms with Crippen molar-refractivity contribution < 1.29 is 8.42 Å². The normalized spacial score (nSPS) is 21.1. The number of aromatic nitrogens is 2. The molecule has 1 fully saturated rings. The molecule has 0 atom stereocenters. The van der Waals surface area contributed by atoms with Crippen LogP contribution in [0.15, 0.2) is 12.4 Å². The van der Waals surface area contributed by atoms with E-state index in [2.05, 4.69) is 5.10 Å². The van der Waals surface area contributed by atoms with Crippen LogP contribution in [0.2, 0.25) is 0 Å². The summed E-state index contributed by atoms with van der Waals surface area (Å²) in [5.74, 6) is 0.563. The third-order valence-electron chi connectivity index (χ3n) is 2.99. The van der Waals surface area contributed by atoms with E-state index >= 15 is 0 Å². The maximum atomic E-state index is 11.3. The lowest BCUT2D eigenvalue weighted by molar-refractivity contribution is 0.413. The molecule has 6 heteroatoms. The van der Waals surface area contributed by atoms with E-state index in [9.17, 15) is 8.42 Å². The van der Waals surface area contributed by atoms with Gasteiger partial charge in [-0.1, -0.05) is 0 Å². The summed E-state index contributed by atoms with van der Waals surface area (Å²) in [6.07, 6.45) is 5.97. The van der Waals surface area contributed by atoms with Gasteiger partial charge in [0.25, 0.3) is 0 Å². The van der Waals surface area contributed by atoms with Crippen LogP contribution in [0.5, 0.6) is 0 Å². The fourth-order valence-electron chi connectivity index (χ4n) is 2.01. The number of sulfone groups is 1. The fourth-order valence-corrected chi connectivity index (χ4v) is 3.48. The van der Waals surface area contributed by atoms with Gasteiger partial charge in [0.05, 0.1) is 23.7 Å². The molecule has 1 aromatic heterocycles. The van der Waals surface area contributed by atoms with Gasteiger partial charge in [0.1, 0.15) is 9.84 Å². The zero-order valence-corrected chi connectivity index (χ0v) is 9.99. The Labute approximate surface area is 95.6 Å². The minimum Gasteiger partial charge on any atom is -0.330 e. The molecule has 90 valence electrons. The third-order valence-corrected chi connectivity index (χ3v) is 4.70. The summed E-state index contributed by atoms with van der Waals surface area (Å²) in [7, 11) is -2.79. The minimum absolute atomic E-state index is 0.232. The number of hydrogen-bond donors (Lipinski definition) is 1. The van der Waals surface area contributed by atoms with Crippen LogP contribution in [0.3, 0.4) is 0 Å². The molecule has 5 nitrogen and oxygen atoms in total. The Morgan fingerprint density at radius 1 is 1.44 bits per heavy atom. The van der Waals surface area contributed by atoms with E-state index < -0.39 is 9.84 Å². The second-order valence-corrected chi connectivity index (χ2v) is 6.55. The third kappa shape index (κ3) is 2.62. The monoisotopic (exact) mass is 243 g/mol. The first kappa shape index (κ1) is 11.6. The molecule has 1 aliphatic heterocycles. The van der Waals surface area contributed by atoms with Crippen LogP contribution < -0.4 is 5.73 Å². The van der Waals surface area contributed by atoms with Crippen LogP contribution in [0.25, 0.3) is 0 Å². The van der Waals surface area contributed by atoms with Crippen molar-refractivity contribution in [3.63, 3.8) is 0 Å². The van der Waals surface area contributed by atoms with Crippen molar-refractivity contribution >= 4 is 9.84 Å². The summed E-state index contributed by atoms with van der Waals surface area (Å²) in [6, 6.07) is 0.232. The van der Waals surface area contributed by atoms with E-state index in [0.717, 1.165) is 12.0 Å². The lowest BCUT2D eigenvalue weighted by atomic mass is 10.1. The molecule has 0 aromatic carbocycles. The van der Waals surface area contributed by atoms with Gasteiger partial charge in [0.15, 0.2) is 0 Å². The molecule has 1 aromatic rings. The van der Waals surface area contributed by atoms with Gasteiger partial charge in [-0.3, -0.25) is 4.68 Å². The molecule has 2 N–H and O–H groups in total. The lowest BCUT2D eigenvalue weighted by Gasteiger charge is -2.22. The van der Waals surface area contributed by atoms with Gasteiger partial charge in [0, 0.05) is 6.20 Å². The van der Waals surface area contributed by atoms with Crippen molar-refractivity contribution in [3.8, 4) is 0 Å². The van der Waals surface area contributed by atoms with Crippen LogP contribution in [-0.4, -0.2) is 36.2 Å². The Morgan fingerprint density at radius 2 is 2.12 bits per heavy atom. The van der Waals surface area contributed by atoms with E-state index in [1.165, 1.54) is 0 Å². The van der Waals surface area contributed by atoms with Crippen LogP contribution in [0.4, 0.5) is 0 Å². The predicted molar refractivity (Wildman–Crippen MR) is 61.9 cm³/mol. The van der Waals surface area contributed by atoms with Crippen molar-refractivity contribution in [1.82, 2.24) is 9.78 Å². The van der Waals surface area contributed by atoms with Crippen LogP contribution in [-0.2, 0) is 16.3 Å². The van der Waals surface area contributed by atoms with Gasteiger partial charge in [-0.05, 0) is 31.4 Å². The van der Waals surface area contributed by atoms with Crippen LogP contribution >= 0.6 is 0 Å². The van der Waals surface area contributed by atoms with Crippen molar-refractivity contribution in [3.05, 3.63) is 18.0 Å². The van der Waals surface area contributed by atoms with Crippen molar-refractivity contribution in [2.45, 2.75) is 25.3 Å². The highest BCUT2D eigenvalue weighted by molar-refractivity contribution is 7.91. The van der Waals surface area contributed by atoms with Crippen molar-refractivity contribution in [2.24, 2.45) is 5.73 Å². The first-order chi connectivity index (χ1) is 7.61. The van der Waals surface area contributed by atoms with Gasteiger partial charge in [-0.15, -0.1) is 0 Å².